The van der Waals surface area contributed by atoms with E-state index < -0.39 is 0 Å². The molecule has 92 valence electrons. The highest BCUT2D eigenvalue weighted by Crippen LogP contribution is 2.19. The van der Waals surface area contributed by atoms with Gasteiger partial charge in [-0.1, -0.05) is 0 Å². The zero-order chi connectivity index (χ0) is 12.7. The molecule has 1 aliphatic carbocycles. The van der Waals surface area contributed by atoms with Crippen molar-refractivity contribution in [3.8, 4) is 0 Å². The van der Waals surface area contributed by atoms with Gasteiger partial charge < -0.3 is 10.3 Å². The fraction of sp³-hybridized carbons (Fsp3) is 0.308. The number of nitrogens with one attached hydrogen (secondary N) is 2. The number of nitrogens with zero attached hydrogens (tertiary/aromatic N) is 1. The van der Waals surface area contributed by atoms with Gasteiger partial charge in [0.1, 0.15) is 11.2 Å². The summed E-state index contributed by atoms with van der Waals surface area (Å²) in [5, 5.41) is 3.26. The highest BCUT2D eigenvalue weighted by molar-refractivity contribution is 5.96. The van der Waals surface area contributed by atoms with E-state index in [4.69, 9.17) is 0 Å². The molecular weight excluding hydrogens is 230 g/mol. The molecule has 5 heteroatoms. The molecule has 0 spiro atoms. The second-order valence-corrected chi connectivity index (χ2v) is 4.63. The van der Waals surface area contributed by atoms with Crippen LogP contribution < -0.4 is 10.7 Å². The average Bonchev–Trinajstić information content (AvgIpc) is 3.13. The molecule has 0 radical (unpaired) electrons. The number of hydrogen-bond donors (Lipinski definition) is 2. The van der Waals surface area contributed by atoms with E-state index in [9.17, 15) is 9.59 Å². The van der Waals surface area contributed by atoms with Gasteiger partial charge in [-0.2, -0.15) is 0 Å². The van der Waals surface area contributed by atoms with Crippen LogP contribution in [-0.4, -0.2) is 21.9 Å². The SMILES string of the molecule is Cc1ccc2c(=O)c(C(=O)NC3CC3)c[nH]c2n1. The Kier molecular flexibility index (Phi) is 2.40. The minimum absolute atomic E-state index is 0.153. The maximum Gasteiger partial charge on any atom is 0.256 e. The number of hydrogen-bond acceptors (Lipinski definition) is 3. The minimum atomic E-state index is -0.304. The van der Waals surface area contributed by atoms with Crippen molar-refractivity contribution >= 4 is 16.9 Å². The third-order valence-corrected chi connectivity index (χ3v) is 3.03. The third kappa shape index (κ3) is 1.88. The van der Waals surface area contributed by atoms with Gasteiger partial charge in [-0.3, -0.25) is 9.59 Å². The topological polar surface area (TPSA) is 74.8 Å². The number of carbonyl (C=O) groups excluding carboxylic acids is 1. The van der Waals surface area contributed by atoms with E-state index in [0.29, 0.717) is 11.0 Å². The van der Waals surface area contributed by atoms with Crippen LogP contribution in [0.3, 0.4) is 0 Å². The van der Waals surface area contributed by atoms with Crippen molar-refractivity contribution in [1.82, 2.24) is 15.3 Å². The van der Waals surface area contributed by atoms with Crippen LogP contribution in [-0.2, 0) is 0 Å². The maximum atomic E-state index is 12.2. The molecule has 2 N–H and O–H groups in total. The summed E-state index contributed by atoms with van der Waals surface area (Å²) in [5.74, 6) is -0.304. The predicted octanol–water partition coefficient (Wildman–Crippen LogP) is 1.12. The minimum Gasteiger partial charge on any atom is -0.349 e. The summed E-state index contributed by atoms with van der Waals surface area (Å²) in [6, 6.07) is 3.70. The van der Waals surface area contributed by atoms with Crippen molar-refractivity contribution in [1.29, 1.82) is 0 Å². The van der Waals surface area contributed by atoms with Gasteiger partial charge in [0, 0.05) is 17.9 Å². The molecule has 0 unspecified atom stereocenters. The molecule has 1 fully saturated rings. The number of amides is 1. The summed E-state index contributed by atoms with van der Waals surface area (Å²) in [6.45, 7) is 1.85. The van der Waals surface area contributed by atoms with Gasteiger partial charge in [0.05, 0.1) is 5.39 Å². The van der Waals surface area contributed by atoms with E-state index in [1.54, 1.807) is 12.1 Å². The van der Waals surface area contributed by atoms with E-state index >= 15 is 0 Å². The van der Waals surface area contributed by atoms with Gasteiger partial charge in [-0.15, -0.1) is 0 Å². The van der Waals surface area contributed by atoms with E-state index in [1.165, 1.54) is 6.20 Å². The maximum absolute atomic E-state index is 12.2. The molecule has 1 amide bonds. The molecule has 1 aliphatic rings. The molecule has 2 aromatic rings. The molecule has 2 heterocycles. The summed E-state index contributed by atoms with van der Waals surface area (Å²) in [6.07, 6.45) is 3.44. The number of aryl methyl sites for hydroxylation is 1. The summed E-state index contributed by atoms with van der Waals surface area (Å²) >= 11 is 0. The van der Waals surface area contributed by atoms with Gasteiger partial charge in [0.2, 0.25) is 5.43 Å². The first-order valence-corrected chi connectivity index (χ1v) is 5.95. The van der Waals surface area contributed by atoms with Gasteiger partial charge in [-0.05, 0) is 31.9 Å². The molecule has 0 aromatic carbocycles. The second kappa shape index (κ2) is 3.94. The zero-order valence-corrected chi connectivity index (χ0v) is 9.99. The van der Waals surface area contributed by atoms with E-state index in [0.717, 1.165) is 18.5 Å². The Morgan fingerprint density at radius 1 is 1.44 bits per heavy atom. The molecule has 2 aromatic heterocycles. The van der Waals surface area contributed by atoms with E-state index in [2.05, 4.69) is 15.3 Å². The van der Waals surface area contributed by atoms with Gasteiger partial charge in [-0.25, -0.2) is 4.98 Å². The summed E-state index contributed by atoms with van der Waals surface area (Å²) < 4.78 is 0. The lowest BCUT2D eigenvalue weighted by Crippen LogP contribution is -2.30. The van der Waals surface area contributed by atoms with E-state index in [1.807, 2.05) is 6.92 Å². The quantitative estimate of drug-likeness (QED) is 0.830. The number of pyridine rings is 2. The highest BCUT2D eigenvalue weighted by atomic mass is 16.2. The molecule has 3 rings (SSSR count). The van der Waals surface area contributed by atoms with Crippen molar-refractivity contribution < 1.29 is 4.79 Å². The van der Waals surface area contributed by atoms with Crippen LogP contribution in [0.1, 0.15) is 28.9 Å². The molecule has 18 heavy (non-hydrogen) atoms. The molecule has 0 saturated heterocycles. The predicted molar refractivity (Wildman–Crippen MR) is 67.6 cm³/mol. The average molecular weight is 243 g/mol. The molecule has 5 nitrogen and oxygen atoms in total. The van der Waals surface area contributed by atoms with Crippen LogP contribution in [0.25, 0.3) is 11.0 Å². The van der Waals surface area contributed by atoms with Crippen molar-refractivity contribution in [2.45, 2.75) is 25.8 Å². The fourth-order valence-electron chi connectivity index (χ4n) is 1.86. The zero-order valence-electron chi connectivity index (χ0n) is 9.99. The van der Waals surface area contributed by atoms with Crippen LogP contribution in [0.15, 0.2) is 23.1 Å². The normalized spacial score (nSPS) is 14.7. The van der Waals surface area contributed by atoms with Crippen molar-refractivity contribution in [3.05, 3.63) is 39.8 Å². The van der Waals surface area contributed by atoms with Crippen molar-refractivity contribution in [2.24, 2.45) is 0 Å². The number of aromatic amines is 1. The Morgan fingerprint density at radius 2 is 2.22 bits per heavy atom. The highest BCUT2D eigenvalue weighted by Gasteiger charge is 2.25. The van der Waals surface area contributed by atoms with Gasteiger partial charge in [0.15, 0.2) is 0 Å². The Bertz CT molecular complexity index is 686. The molecule has 0 aliphatic heterocycles. The molecule has 1 saturated carbocycles. The van der Waals surface area contributed by atoms with Crippen LogP contribution >= 0.6 is 0 Å². The first kappa shape index (κ1) is 11.0. The van der Waals surface area contributed by atoms with E-state index in [-0.39, 0.29) is 22.9 Å². The van der Waals surface area contributed by atoms with Crippen LogP contribution in [0, 0.1) is 6.92 Å². The summed E-state index contributed by atoms with van der Waals surface area (Å²) in [5.41, 5.74) is 1.23. The monoisotopic (exact) mass is 243 g/mol. The number of aromatic nitrogens is 2. The number of fused-ring (bicyclic) bond motifs is 1. The lowest BCUT2D eigenvalue weighted by atomic mass is 10.2. The summed E-state index contributed by atoms with van der Waals surface area (Å²) in [7, 11) is 0. The lowest BCUT2D eigenvalue weighted by Gasteiger charge is -2.04. The van der Waals surface area contributed by atoms with Crippen LogP contribution in [0.4, 0.5) is 0 Å². The van der Waals surface area contributed by atoms with Gasteiger partial charge in [0.25, 0.3) is 5.91 Å². The van der Waals surface area contributed by atoms with Crippen molar-refractivity contribution in [2.75, 3.05) is 0 Å². The van der Waals surface area contributed by atoms with Crippen LogP contribution in [0.5, 0.6) is 0 Å². The Labute approximate surface area is 103 Å². The van der Waals surface area contributed by atoms with Gasteiger partial charge >= 0.3 is 0 Å². The summed E-state index contributed by atoms with van der Waals surface area (Å²) in [4.78, 5) is 31.2. The first-order chi connectivity index (χ1) is 8.65. The third-order valence-electron chi connectivity index (χ3n) is 3.03. The Balaban J connectivity index is 2.08. The number of carbonyl (C=O) groups is 1. The smallest absolute Gasteiger partial charge is 0.256 e. The molecule has 0 atom stereocenters. The number of H-pyrrole nitrogens is 1. The molecule has 0 bridgehead atoms. The standard InChI is InChI=1S/C13H13N3O2/c1-7-2-5-9-11(17)10(6-14-12(9)15-7)13(18)16-8-3-4-8/h2,5-6,8H,3-4H2,1H3,(H,16,18)(H,14,15,17). The lowest BCUT2D eigenvalue weighted by molar-refractivity contribution is 0.0950. The fourth-order valence-corrected chi connectivity index (χ4v) is 1.86. The number of rotatable bonds is 2. The first-order valence-electron chi connectivity index (χ1n) is 5.95. The Morgan fingerprint density at radius 3 is 2.94 bits per heavy atom. The Hall–Kier alpha value is -2.17. The van der Waals surface area contributed by atoms with Crippen molar-refractivity contribution in [3.63, 3.8) is 0 Å². The largest absolute Gasteiger partial charge is 0.349 e. The molecular formula is C13H13N3O2. The van der Waals surface area contributed by atoms with Crippen LogP contribution in [0.2, 0.25) is 0 Å². The second-order valence-electron chi connectivity index (χ2n) is 4.63.